The fraction of sp³-hybridized carbons (Fsp3) is 0.700. The molecule has 72 valence electrons. The first-order valence-corrected chi connectivity index (χ1v) is 4.92. The standard InChI is InChI=1S/C10H16N2O/c1-12-9(6-7-11-12)4-2-8-3-5-10(8)13/h6-8,10,13H,2-5H2,1H3. The molecule has 1 fully saturated rings. The Labute approximate surface area is 78.4 Å². The normalized spacial score (nSPS) is 27.2. The second kappa shape index (κ2) is 3.50. The molecule has 1 aromatic rings. The summed E-state index contributed by atoms with van der Waals surface area (Å²) in [5.41, 5.74) is 1.26. The van der Waals surface area contributed by atoms with Crippen LogP contribution in [0.4, 0.5) is 0 Å². The van der Waals surface area contributed by atoms with Crippen molar-refractivity contribution in [3.05, 3.63) is 18.0 Å². The third kappa shape index (κ3) is 1.75. The van der Waals surface area contributed by atoms with Gasteiger partial charge in [-0.3, -0.25) is 4.68 Å². The number of aryl methyl sites for hydroxylation is 2. The predicted molar refractivity (Wildman–Crippen MR) is 50.3 cm³/mol. The van der Waals surface area contributed by atoms with Crippen LogP contribution in [0.5, 0.6) is 0 Å². The number of hydrogen-bond donors (Lipinski definition) is 1. The molecule has 3 nitrogen and oxygen atoms in total. The zero-order chi connectivity index (χ0) is 9.26. The van der Waals surface area contributed by atoms with Crippen molar-refractivity contribution in [3.8, 4) is 0 Å². The van der Waals surface area contributed by atoms with E-state index in [9.17, 15) is 5.11 Å². The van der Waals surface area contributed by atoms with Crippen LogP contribution in [-0.4, -0.2) is 21.0 Å². The van der Waals surface area contributed by atoms with Crippen LogP contribution < -0.4 is 0 Å². The van der Waals surface area contributed by atoms with Crippen LogP contribution in [0.25, 0.3) is 0 Å². The minimum absolute atomic E-state index is 0.0340. The highest BCUT2D eigenvalue weighted by atomic mass is 16.3. The van der Waals surface area contributed by atoms with Gasteiger partial charge in [0.2, 0.25) is 0 Å². The van der Waals surface area contributed by atoms with Crippen molar-refractivity contribution in [2.75, 3.05) is 0 Å². The fourth-order valence-electron chi connectivity index (χ4n) is 1.87. The first-order valence-electron chi connectivity index (χ1n) is 4.92. The van der Waals surface area contributed by atoms with Gasteiger partial charge in [0.15, 0.2) is 0 Å². The predicted octanol–water partition coefficient (Wildman–Crippen LogP) is 1.12. The van der Waals surface area contributed by atoms with Gasteiger partial charge in [0.1, 0.15) is 0 Å². The molecule has 0 radical (unpaired) electrons. The Kier molecular flexibility index (Phi) is 2.36. The lowest BCUT2D eigenvalue weighted by Gasteiger charge is -2.32. The van der Waals surface area contributed by atoms with Crippen molar-refractivity contribution >= 4 is 0 Å². The van der Waals surface area contributed by atoms with E-state index in [1.165, 1.54) is 12.1 Å². The molecule has 1 aliphatic carbocycles. The van der Waals surface area contributed by atoms with Crippen LogP contribution in [0.3, 0.4) is 0 Å². The molecular formula is C10H16N2O. The maximum atomic E-state index is 9.38. The molecule has 2 unspecified atom stereocenters. The topological polar surface area (TPSA) is 38.0 Å². The minimum atomic E-state index is -0.0340. The van der Waals surface area contributed by atoms with Crippen LogP contribution in [0.15, 0.2) is 12.3 Å². The molecule has 0 aromatic carbocycles. The van der Waals surface area contributed by atoms with Crippen molar-refractivity contribution in [2.45, 2.75) is 31.8 Å². The fourth-order valence-corrected chi connectivity index (χ4v) is 1.87. The van der Waals surface area contributed by atoms with Crippen molar-refractivity contribution in [2.24, 2.45) is 13.0 Å². The van der Waals surface area contributed by atoms with Gasteiger partial charge in [0, 0.05) is 18.9 Å². The first kappa shape index (κ1) is 8.75. The quantitative estimate of drug-likeness (QED) is 0.757. The van der Waals surface area contributed by atoms with Crippen LogP contribution in [0.2, 0.25) is 0 Å². The van der Waals surface area contributed by atoms with E-state index in [4.69, 9.17) is 0 Å². The van der Waals surface area contributed by atoms with Gasteiger partial charge in [-0.15, -0.1) is 0 Å². The summed E-state index contributed by atoms with van der Waals surface area (Å²) in [6, 6.07) is 2.05. The van der Waals surface area contributed by atoms with Crippen molar-refractivity contribution in [1.82, 2.24) is 9.78 Å². The number of aromatic nitrogens is 2. The average Bonchev–Trinajstić information content (AvgIpc) is 2.50. The Hall–Kier alpha value is -0.830. The molecule has 1 saturated carbocycles. The lowest BCUT2D eigenvalue weighted by atomic mass is 9.79. The molecule has 1 aromatic heterocycles. The number of rotatable bonds is 3. The van der Waals surface area contributed by atoms with E-state index in [1.54, 1.807) is 0 Å². The molecule has 1 heterocycles. The van der Waals surface area contributed by atoms with Crippen molar-refractivity contribution in [1.29, 1.82) is 0 Å². The summed E-state index contributed by atoms with van der Waals surface area (Å²) in [4.78, 5) is 0. The number of nitrogens with zero attached hydrogens (tertiary/aromatic N) is 2. The monoisotopic (exact) mass is 180 g/mol. The highest BCUT2D eigenvalue weighted by molar-refractivity contribution is 5.00. The van der Waals surface area contributed by atoms with E-state index in [0.29, 0.717) is 5.92 Å². The van der Waals surface area contributed by atoms with Gasteiger partial charge >= 0.3 is 0 Å². The lowest BCUT2D eigenvalue weighted by molar-refractivity contribution is 0.0195. The summed E-state index contributed by atoms with van der Waals surface area (Å²) < 4.78 is 1.91. The van der Waals surface area contributed by atoms with Crippen LogP contribution in [0, 0.1) is 5.92 Å². The maximum Gasteiger partial charge on any atom is 0.0568 e. The second-order valence-electron chi connectivity index (χ2n) is 3.89. The van der Waals surface area contributed by atoms with E-state index < -0.39 is 0 Å². The van der Waals surface area contributed by atoms with Crippen LogP contribution in [-0.2, 0) is 13.5 Å². The summed E-state index contributed by atoms with van der Waals surface area (Å²) in [6.07, 6.45) is 6.12. The molecule has 2 atom stereocenters. The van der Waals surface area contributed by atoms with E-state index >= 15 is 0 Å². The summed E-state index contributed by atoms with van der Waals surface area (Å²) in [5.74, 6) is 0.537. The molecule has 1 aliphatic rings. The molecule has 0 bridgehead atoms. The molecule has 3 heteroatoms. The maximum absolute atomic E-state index is 9.38. The minimum Gasteiger partial charge on any atom is -0.393 e. The van der Waals surface area contributed by atoms with Gasteiger partial charge in [0.25, 0.3) is 0 Å². The summed E-state index contributed by atoms with van der Waals surface area (Å²) in [5, 5.41) is 13.5. The highest BCUT2D eigenvalue weighted by Gasteiger charge is 2.28. The first-order chi connectivity index (χ1) is 6.27. The lowest BCUT2D eigenvalue weighted by Crippen LogP contribution is -2.31. The molecule has 0 amide bonds. The van der Waals surface area contributed by atoms with E-state index in [-0.39, 0.29) is 6.10 Å². The average molecular weight is 180 g/mol. The Morgan fingerprint density at radius 2 is 2.46 bits per heavy atom. The molecular weight excluding hydrogens is 164 g/mol. The van der Waals surface area contributed by atoms with Crippen molar-refractivity contribution < 1.29 is 5.11 Å². The van der Waals surface area contributed by atoms with Gasteiger partial charge in [-0.25, -0.2) is 0 Å². The molecule has 0 spiro atoms. The van der Waals surface area contributed by atoms with Crippen molar-refractivity contribution in [3.63, 3.8) is 0 Å². The van der Waals surface area contributed by atoms with Gasteiger partial charge < -0.3 is 5.11 Å². The largest absolute Gasteiger partial charge is 0.393 e. The summed E-state index contributed by atoms with van der Waals surface area (Å²) >= 11 is 0. The van der Waals surface area contributed by atoms with Gasteiger partial charge in [-0.1, -0.05) is 0 Å². The Balaban J connectivity index is 1.83. The van der Waals surface area contributed by atoms with E-state index in [2.05, 4.69) is 5.10 Å². The van der Waals surface area contributed by atoms with Crippen LogP contribution in [0.1, 0.15) is 25.0 Å². The van der Waals surface area contributed by atoms with E-state index in [0.717, 1.165) is 19.3 Å². The Bertz CT molecular complexity index is 282. The molecule has 2 rings (SSSR count). The van der Waals surface area contributed by atoms with Crippen LogP contribution >= 0.6 is 0 Å². The number of hydrogen-bond acceptors (Lipinski definition) is 2. The SMILES string of the molecule is Cn1nccc1CCC1CCC1O. The van der Waals surface area contributed by atoms with Gasteiger partial charge in [-0.05, 0) is 37.7 Å². The molecule has 13 heavy (non-hydrogen) atoms. The summed E-state index contributed by atoms with van der Waals surface area (Å²) in [6.45, 7) is 0. The van der Waals surface area contributed by atoms with E-state index in [1.807, 2.05) is 24.0 Å². The molecule has 1 N–H and O–H groups in total. The zero-order valence-corrected chi connectivity index (χ0v) is 7.98. The third-order valence-corrected chi connectivity index (χ3v) is 3.07. The van der Waals surface area contributed by atoms with Gasteiger partial charge in [0.05, 0.1) is 6.10 Å². The zero-order valence-electron chi connectivity index (χ0n) is 7.98. The highest BCUT2D eigenvalue weighted by Crippen LogP contribution is 2.31. The third-order valence-electron chi connectivity index (χ3n) is 3.07. The molecule has 0 aliphatic heterocycles. The Morgan fingerprint density at radius 3 is 2.92 bits per heavy atom. The molecule has 0 saturated heterocycles. The summed E-state index contributed by atoms with van der Waals surface area (Å²) in [7, 11) is 1.96. The second-order valence-corrected chi connectivity index (χ2v) is 3.89. The smallest absolute Gasteiger partial charge is 0.0568 e. The number of aliphatic hydroxyl groups excluding tert-OH is 1. The Morgan fingerprint density at radius 1 is 1.62 bits per heavy atom. The van der Waals surface area contributed by atoms with Gasteiger partial charge in [-0.2, -0.15) is 5.10 Å². The number of aliphatic hydroxyl groups is 1.